The van der Waals surface area contributed by atoms with Gasteiger partial charge in [-0.3, -0.25) is 9.78 Å². The first-order chi connectivity index (χ1) is 11.2. The first-order valence-corrected chi connectivity index (χ1v) is 7.78. The fourth-order valence-corrected chi connectivity index (χ4v) is 3.38. The summed E-state index contributed by atoms with van der Waals surface area (Å²) in [4.78, 5) is 24.5. The maximum absolute atomic E-state index is 13.1. The largest absolute Gasteiger partial charge is 0.306 e. The molecule has 23 heavy (non-hydrogen) atoms. The molecule has 4 rings (SSSR count). The zero-order chi connectivity index (χ0) is 15.8. The predicted octanol–water partition coefficient (Wildman–Crippen LogP) is 3.85. The van der Waals surface area contributed by atoms with Crippen LogP contribution in [0.3, 0.4) is 0 Å². The molecule has 0 atom stereocenters. The fourth-order valence-electron chi connectivity index (χ4n) is 2.43. The second kappa shape index (κ2) is 5.40. The number of nitrogens with zero attached hydrogens (tertiary/aromatic N) is 2. The minimum Gasteiger partial charge on any atom is -0.306 e. The summed E-state index contributed by atoms with van der Waals surface area (Å²) in [7, 11) is 0. The van der Waals surface area contributed by atoms with Crippen molar-refractivity contribution in [2.45, 2.75) is 0 Å². The molecule has 0 aliphatic rings. The highest BCUT2D eigenvalue weighted by Gasteiger charge is 2.13. The number of aromatic nitrogens is 3. The van der Waals surface area contributed by atoms with Crippen molar-refractivity contribution >= 4 is 21.6 Å². The first kappa shape index (κ1) is 13.8. The smallest absolute Gasteiger partial charge is 0.260 e. The van der Waals surface area contributed by atoms with Crippen molar-refractivity contribution in [3.63, 3.8) is 0 Å². The van der Waals surface area contributed by atoms with Gasteiger partial charge in [-0.15, -0.1) is 11.3 Å². The normalized spacial score (nSPS) is 11.0. The zero-order valence-corrected chi connectivity index (χ0v) is 12.6. The summed E-state index contributed by atoms with van der Waals surface area (Å²) in [6.07, 6.45) is 3.32. The SMILES string of the molecule is O=c1[nH]c(-c2cccnc2)nc2scc(-c3ccc(F)cc3)c12. The number of hydrogen-bond acceptors (Lipinski definition) is 4. The lowest BCUT2D eigenvalue weighted by Gasteiger charge is -2.02. The lowest BCUT2D eigenvalue weighted by molar-refractivity contribution is 0.628. The lowest BCUT2D eigenvalue weighted by atomic mass is 10.1. The summed E-state index contributed by atoms with van der Waals surface area (Å²) in [5.41, 5.74) is 2.09. The molecule has 0 saturated carbocycles. The summed E-state index contributed by atoms with van der Waals surface area (Å²) >= 11 is 1.39. The Labute approximate surface area is 134 Å². The zero-order valence-electron chi connectivity index (χ0n) is 11.8. The molecule has 0 radical (unpaired) electrons. The Morgan fingerprint density at radius 3 is 2.65 bits per heavy atom. The number of aromatic amines is 1. The molecule has 0 amide bonds. The van der Waals surface area contributed by atoms with Crippen LogP contribution in [0, 0.1) is 5.82 Å². The summed E-state index contributed by atoms with van der Waals surface area (Å²) in [5.74, 6) is 0.183. The van der Waals surface area contributed by atoms with Gasteiger partial charge in [-0.2, -0.15) is 0 Å². The van der Waals surface area contributed by atoms with Crippen LogP contribution >= 0.6 is 11.3 Å². The molecule has 0 spiro atoms. The van der Waals surface area contributed by atoms with Gasteiger partial charge >= 0.3 is 0 Å². The van der Waals surface area contributed by atoms with Gasteiger partial charge in [0.05, 0.1) is 5.39 Å². The van der Waals surface area contributed by atoms with E-state index in [0.29, 0.717) is 16.0 Å². The van der Waals surface area contributed by atoms with E-state index in [1.165, 1.54) is 23.5 Å². The van der Waals surface area contributed by atoms with Crippen LogP contribution < -0.4 is 5.56 Å². The van der Waals surface area contributed by atoms with Gasteiger partial charge < -0.3 is 4.98 Å². The van der Waals surface area contributed by atoms with Crippen molar-refractivity contribution in [1.82, 2.24) is 15.0 Å². The van der Waals surface area contributed by atoms with Crippen LogP contribution in [0.5, 0.6) is 0 Å². The van der Waals surface area contributed by atoms with Gasteiger partial charge in [0.2, 0.25) is 0 Å². The molecule has 0 aliphatic carbocycles. The van der Waals surface area contributed by atoms with Crippen LogP contribution in [-0.2, 0) is 0 Å². The number of rotatable bonds is 2. The Kier molecular flexibility index (Phi) is 3.24. The highest BCUT2D eigenvalue weighted by Crippen LogP contribution is 2.31. The van der Waals surface area contributed by atoms with Gasteiger partial charge in [-0.25, -0.2) is 9.37 Å². The van der Waals surface area contributed by atoms with Gasteiger partial charge in [-0.1, -0.05) is 12.1 Å². The average molecular weight is 323 g/mol. The van der Waals surface area contributed by atoms with Crippen molar-refractivity contribution in [2.24, 2.45) is 0 Å². The third-order valence-electron chi connectivity index (χ3n) is 3.53. The van der Waals surface area contributed by atoms with Crippen LogP contribution in [-0.4, -0.2) is 15.0 Å². The summed E-state index contributed by atoms with van der Waals surface area (Å²) in [6, 6.07) is 9.70. The summed E-state index contributed by atoms with van der Waals surface area (Å²) in [6.45, 7) is 0. The number of thiophene rings is 1. The van der Waals surface area contributed by atoms with E-state index in [1.54, 1.807) is 30.6 Å². The molecule has 1 aromatic carbocycles. The second-order valence-electron chi connectivity index (χ2n) is 4.99. The maximum Gasteiger partial charge on any atom is 0.260 e. The van der Waals surface area contributed by atoms with Gasteiger partial charge in [0.15, 0.2) is 0 Å². The topological polar surface area (TPSA) is 58.6 Å². The minimum absolute atomic E-state index is 0.213. The molecule has 0 fully saturated rings. The van der Waals surface area contributed by atoms with Crippen LogP contribution in [0.15, 0.2) is 59.0 Å². The standard InChI is InChI=1S/C17H10FN3OS/c18-12-5-3-10(4-6-12)13-9-23-17-14(13)16(22)20-15(21-17)11-2-1-7-19-8-11/h1-9H,(H,20,21,22). The number of fused-ring (bicyclic) bond motifs is 1. The van der Waals surface area contributed by atoms with Gasteiger partial charge in [0.25, 0.3) is 5.56 Å². The molecular weight excluding hydrogens is 313 g/mol. The Morgan fingerprint density at radius 1 is 1.09 bits per heavy atom. The third kappa shape index (κ3) is 2.43. The van der Waals surface area contributed by atoms with E-state index >= 15 is 0 Å². The number of pyridine rings is 1. The molecule has 0 aliphatic heterocycles. The molecule has 0 unspecified atom stereocenters. The van der Waals surface area contributed by atoms with Crippen molar-refractivity contribution in [2.75, 3.05) is 0 Å². The van der Waals surface area contributed by atoms with Crippen LogP contribution in [0.1, 0.15) is 0 Å². The number of benzene rings is 1. The second-order valence-corrected chi connectivity index (χ2v) is 5.85. The van der Waals surface area contributed by atoms with E-state index in [2.05, 4.69) is 15.0 Å². The molecule has 4 nitrogen and oxygen atoms in total. The molecule has 4 aromatic rings. The molecule has 0 bridgehead atoms. The van der Waals surface area contributed by atoms with Crippen LogP contribution in [0.4, 0.5) is 4.39 Å². The minimum atomic E-state index is -0.306. The first-order valence-electron chi connectivity index (χ1n) is 6.90. The quantitative estimate of drug-likeness (QED) is 0.609. The Morgan fingerprint density at radius 2 is 1.91 bits per heavy atom. The van der Waals surface area contributed by atoms with Crippen LogP contribution in [0.25, 0.3) is 32.7 Å². The average Bonchev–Trinajstić information content (AvgIpc) is 3.01. The molecule has 6 heteroatoms. The lowest BCUT2D eigenvalue weighted by Crippen LogP contribution is -2.09. The van der Waals surface area contributed by atoms with E-state index in [1.807, 2.05) is 11.4 Å². The van der Waals surface area contributed by atoms with E-state index in [0.717, 1.165) is 16.7 Å². The number of halogens is 1. The van der Waals surface area contributed by atoms with E-state index in [-0.39, 0.29) is 11.4 Å². The highest BCUT2D eigenvalue weighted by molar-refractivity contribution is 7.17. The number of H-pyrrole nitrogens is 1. The summed E-state index contributed by atoms with van der Waals surface area (Å²) < 4.78 is 13.1. The van der Waals surface area contributed by atoms with Crippen molar-refractivity contribution in [3.8, 4) is 22.5 Å². The molecule has 1 N–H and O–H groups in total. The fraction of sp³-hybridized carbons (Fsp3) is 0. The van der Waals surface area contributed by atoms with Crippen molar-refractivity contribution in [1.29, 1.82) is 0 Å². The van der Waals surface area contributed by atoms with Gasteiger partial charge in [-0.05, 0) is 29.8 Å². The third-order valence-corrected chi connectivity index (χ3v) is 4.41. The Hall–Kier alpha value is -2.86. The number of hydrogen-bond donors (Lipinski definition) is 1. The summed E-state index contributed by atoms with van der Waals surface area (Å²) in [5, 5.41) is 2.39. The number of nitrogens with one attached hydrogen (secondary N) is 1. The monoisotopic (exact) mass is 323 g/mol. The van der Waals surface area contributed by atoms with E-state index in [9.17, 15) is 9.18 Å². The molecular formula is C17H10FN3OS. The molecule has 112 valence electrons. The molecule has 3 heterocycles. The van der Waals surface area contributed by atoms with E-state index < -0.39 is 0 Å². The van der Waals surface area contributed by atoms with Crippen molar-refractivity contribution < 1.29 is 4.39 Å². The maximum atomic E-state index is 13.1. The Bertz CT molecular complexity index is 1040. The molecule has 0 saturated heterocycles. The predicted molar refractivity (Wildman–Crippen MR) is 88.9 cm³/mol. The van der Waals surface area contributed by atoms with Crippen molar-refractivity contribution in [3.05, 3.63) is 70.3 Å². The Balaban J connectivity index is 1.91. The van der Waals surface area contributed by atoms with Crippen LogP contribution in [0.2, 0.25) is 0 Å². The van der Waals surface area contributed by atoms with Gasteiger partial charge in [0.1, 0.15) is 16.5 Å². The van der Waals surface area contributed by atoms with E-state index in [4.69, 9.17) is 0 Å². The molecule has 3 aromatic heterocycles. The van der Waals surface area contributed by atoms with Gasteiger partial charge in [0, 0.05) is 28.9 Å². The highest BCUT2D eigenvalue weighted by atomic mass is 32.1.